The Labute approximate surface area is 226 Å². The van der Waals surface area contributed by atoms with Gasteiger partial charge in [-0.3, -0.25) is 9.59 Å². The zero-order valence-electron chi connectivity index (χ0n) is 22.1. The van der Waals surface area contributed by atoms with Crippen LogP contribution in [0.2, 0.25) is 0 Å². The van der Waals surface area contributed by atoms with Crippen LogP contribution in [-0.4, -0.2) is 35.8 Å². The summed E-state index contributed by atoms with van der Waals surface area (Å²) in [6, 6.07) is 21.5. The Morgan fingerprint density at radius 3 is 2.23 bits per heavy atom. The van der Waals surface area contributed by atoms with Crippen molar-refractivity contribution in [1.29, 1.82) is 0 Å². The van der Waals surface area contributed by atoms with Gasteiger partial charge >= 0.3 is 0 Å². The summed E-state index contributed by atoms with van der Waals surface area (Å²) < 4.78 is 12.9. The second kappa shape index (κ2) is 10.7. The first-order chi connectivity index (χ1) is 18.9. The van der Waals surface area contributed by atoms with Crippen LogP contribution in [0.1, 0.15) is 34.5 Å². The van der Waals surface area contributed by atoms with Crippen molar-refractivity contribution in [1.82, 2.24) is 9.78 Å². The van der Waals surface area contributed by atoms with Crippen molar-refractivity contribution >= 4 is 29.0 Å². The third-order valence-corrected chi connectivity index (χ3v) is 6.58. The van der Waals surface area contributed by atoms with Crippen LogP contribution in [0.25, 0.3) is 0 Å². The van der Waals surface area contributed by atoms with E-state index in [2.05, 4.69) is 21.0 Å². The van der Waals surface area contributed by atoms with E-state index < -0.39 is 6.04 Å². The molecule has 2 amide bonds. The molecule has 0 fully saturated rings. The number of nitrogens with one attached hydrogen (secondary N) is 3. The van der Waals surface area contributed by atoms with Gasteiger partial charge in [-0.2, -0.15) is 5.10 Å². The Morgan fingerprint density at radius 1 is 0.846 bits per heavy atom. The molecule has 0 radical (unpaired) electrons. The van der Waals surface area contributed by atoms with Crippen LogP contribution >= 0.6 is 0 Å². The minimum absolute atomic E-state index is 0.312. The molecule has 1 aromatic heterocycles. The van der Waals surface area contributed by atoms with Crippen LogP contribution in [0.4, 0.5) is 17.2 Å². The van der Waals surface area contributed by atoms with Crippen LogP contribution < -0.4 is 25.4 Å². The SMILES string of the molecule is COc1cccc([C@@H]2C(C(=O)Nc3ccccc3)=C(C)Nc3c(C(=O)Nc4ccc(C)cc4)cnn32)c1OC. The van der Waals surface area contributed by atoms with Crippen molar-refractivity contribution in [3.63, 3.8) is 0 Å². The average Bonchev–Trinajstić information content (AvgIpc) is 3.37. The number of hydrogen-bond donors (Lipinski definition) is 3. The van der Waals surface area contributed by atoms with Crippen LogP contribution in [0.15, 0.2) is 90.3 Å². The molecule has 0 spiro atoms. The lowest BCUT2D eigenvalue weighted by Gasteiger charge is -2.31. The summed E-state index contributed by atoms with van der Waals surface area (Å²) >= 11 is 0. The summed E-state index contributed by atoms with van der Waals surface area (Å²) in [5, 5.41) is 13.7. The lowest BCUT2D eigenvalue weighted by molar-refractivity contribution is -0.113. The summed E-state index contributed by atoms with van der Waals surface area (Å²) in [6.45, 7) is 3.79. The molecule has 0 saturated heterocycles. The number of aryl methyl sites for hydroxylation is 1. The molecular weight excluding hydrogens is 494 g/mol. The highest BCUT2D eigenvalue weighted by Gasteiger charge is 2.37. The molecule has 39 heavy (non-hydrogen) atoms. The van der Waals surface area contributed by atoms with Gasteiger partial charge in [0.1, 0.15) is 17.4 Å². The van der Waals surface area contributed by atoms with Gasteiger partial charge in [0.25, 0.3) is 11.8 Å². The molecule has 5 rings (SSSR count). The van der Waals surface area contributed by atoms with Crippen molar-refractivity contribution in [3.8, 4) is 11.5 Å². The number of carbonyl (C=O) groups excluding carboxylic acids is 2. The molecule has 1 aliphatic rings. The molecule has 0 saturated carbocycles. The van der Waals surface area contributed by atoms with Crippen molar-refractivity contribution < 1.29 is 19.1 Å². The predicted molar refractivity (Wildman–Crippen MR) is 150 cm³/mol. The first kappa shape index (κ1) is 25.6. The summed E-state index contributed by atoms with van der Waals surface area (Å²) in [6.07, 6.45) is 1.50. The third kappa shape index (κ3) is 4.94. The fourth-order valence-electron chi connectivity index (χ4n) is 4.69. The van der Waals surface area contributed by atoms with E-state index in [1.165, 1.54) is 6.20 Å². The summed E-state index contributed by atoms with van der Waals surface area (Å²) in [4.78, 5) is 27.1. The van der Waals surface area contributed by atoms with Crippen LogP contribution in [0.3, 0.4) is 0 Å². The third-order valence-electron chi connectivity index (χ3n) is 6.58. The minimum atomic E-state index is -0.712. The van der Waals surface area contributed by atoms with Gasteiger partial charge in [0, 0.05) is 22.6 Å². The molecule has 4 aromatic rings. The Balaban J connectivity index is 1.60. The second-order valence-corrected chi connectivity index (χ2v) is 9.14. The number of aromatic nitrogens is 2. The van der Waals surface area contributed by atoms with Gasteiger partial charge in [0.2, 0.25) is 0 Å². The van der Waals surface area contributed by atoms with E-state index in [1.54, 1.807) is 31.9 Å². The zero-order chi connectivity index (χ0) is 27.5. The normalized spacial score (nSPS) is 14.2. The van der Waals surface area contributed by atoms with Crippen LogP contribution in [0, 0.1) is 6.92 Å². The maximum absolute atomic E-state index is 13.7. The Hall–Kier alpha value is -5.05. The molecule has 9 nitrogen and oxygen atoms in total. The van der Waals surface area contributed by atoms with Crippen LogP contribution in [0.5, 0.6) is 11.5 Å². The monoisotopic (exact) mass is 523 g/mol. The van der Waals surface area contributed by atoms with E-state index in [1.807, 2.05) is 73.7 Å². The molecule has 1 aliphatic heterocycles. The van der Waals surface area contributed by atoms with Gasteiger partial charge in [-0.15, -0.1) is 0 Å². The topological polar surface area (TPSA) is 107 Å². The van der Waals surface area contributed by atoms with Crippen molar-refractivity contribution in [2.45, 2.75) is 19.9 Å². The number of benzene rings is 3. The maximum atomic E-state index is 13.7. The first-order valence-corrected chi connectivity index (χ1v) is 12.4. The van der Waals surface area contributed by atoms with Crippen molar-refractivity contribution in [2.75, 3.05) is 30.2 Å². The summed E-state index contributed by atoms with van der Waals surface area (Å²) in [5.41, 5.74) is 4.41. The number of amides is 2. The van der Waals surface area contributed by atoms with E-state index in [0.717, 1.165) is 5.56 Å². The highest BCUT2D eigenvalue weighted by atomic mass is 16.5. The number of fused-ring (bicyclic) bond motifs is 1. The maximum Gasteiger partial charge on any atom is 0.261 e. The van der Waals surface area contributed by atoms with Gasteiger partial charge in [0.05, 0.1) is 26.0 Å². The summed E-state index contributed by atoms with van der Waals surface area (Å²) in [7, 11) is 3.11. The highest BCUT2D eigenvalue weighted by molar-refractivity contribution is 6.09. The quantitative estimate of drug-likeness (QED) is 0.300. The van der Waals surface area contributed by atoms with Gasteiger partial charge in [-0.25, -0.2) is 4.68 Å². The summed E-state index contributed by atoms with van der Waals surface area (Å²) in [5.74, 6) is 0.807. The fourth-order valence-corrected chi connectivity index (χ4v) is 4.69. The molecule has 1 atom stereocenters. The Bertz CT molecular complexity index is 1560. The van der Waals surface area contributed by atoms with E-state index in [4.69, 9.17) is 9.47 Å². The molecule has 0 aliphatic carbocycles. The molecule has 2 heterocycles. The number of methoxy groups -OCH3 is 2. The average molecular weight is 524 g/mol. The number of para-hydroxylation sites is 2. The fraction of sp³-hybridized carbons (Fsp3) is 0.167. The highest BCUT2D eigenvalue weighted by Crippen LogP contribution is 2.44. The molecular formula is C30H29N5O4. The number of hydrogen-bond acceptors (Lipinski definition) is 6. The minimum Gasteiger partial charge on any atom is -0.493 e. The molecule has 198 valence electrons. The van der Waals surface area contributed by atoms with E-state index in [-0.39, 0.29) is 11.8 Å². The number of nitrogens with zero attached hydrogens (tertiary/aromatic N) is 2. The standard InChI is InChI=1S/C30H29N5O4/c1-18-13-15-21(16-14-18)33-29(36)23-17-31-35-26(22-11-8-12-24(38-3)27(22)39-4)25(19(2)32-28(23)35)30(37)34-20-9-6-5-7-10-20/h5-17,26,32H,1-4H3,(H,33,36)(H,34,37)/t26-/m1/s1. The number of anilines is 3. The number of rotatable bonds is 7. The van der Waals surface area contributed by atoms with Crippen LogP contribution in [-0.2, 0) is 4.79 Å². The first-order valence-electron chi connectivity index (χ1n) is 12.4. The van der Waals surface area contributed by atoms with Crippen molar-refractivity contribution in [3.05, 3.63) is 107 Å². The lowest BCUT2D eigenvalue weighted by atomic mass is 9.93. The van der Waals surface area contributed by atoms with Gasteiger partial charge in [0.15, 0.2) is 11.5 Å². The molecule has 3 aromatic carbocycles. The number of carbonyl (C=O) groups is 2. The largest absolute Gasteiger partial charge is 0.493 e. The van der Waals surface area contributed by atoms with Crippen molar-refractivity contribution in [2.24, 2.45) is 0 Å². The molecule has 0 bridgehead atoms. The Morgan fingerprint density at radius 2 is 1.54 bits per heavy atom. The van der Waals surface area contributed by atoms with Gasteiger partial charge in [-0.1, -0.05) is 48.0 Å². The number of allylic oxidation sites excluding steroid dienone is 1. The van der Waals surface area contributed by atoms with E-state index in [0.29, 0.717) is 51.1 Å². The predicted octanol–water partition coefficient (Wildman–Crippen LogP) is 5.39. The van der Waals surface area contributed by atoms with Gasteiger partial charge < -0.3 is 25.4 Å². The number of ether oxygens (including phenoxy) is 2. The molecule has 3 N–H and O–H groups in total. The second-order valence-electron chi connectivity index (χ2n) is 9.14. The van der Waals surface area contributed by atoms with E-state index in [9.17, 15) is 9.59 Å². The molecule has 9 heteroatoms. The zero-order valence-corrected chi connectivity index (χ0v) is 22.1. The van der Waals surface area contributed by atoms with Gasteiger partial charge in [-0.05, 0) is 44.2 Å². The lowest BCUT2D eigenvalue weighted by Crippen LogP contribution is -2.32. The van der Waals surface area contributed by atoms with E-state index >= 15 is 0 Å². The Kier molecular flexibility index (Phi) is 7.05. The molecule has 0 unspecified atom stereocenters. The smallest absolute Gasteiger partial charge is 0.261 e.